The third kappa shape index (κ3) is 3.11. The molecule has 1 aromatic rings. The summed E-state index contributed by atoms with van der Waals surface area (Å²) in [5.41, 5.74) is 1.09. The van der Waals surface area contributed by atoms with E-state index in [2.05, 4.69) is 15.9 Å². The Kier molecular flexibility index (Phi) is 4.12. The Hall–Kier alpha value is -1.56. The lowest BCUT2D eigenvalue weighted by Crippen LogP contribution is -2.43. The molecule has 2 fully saturated rings. The number of halogens is 1. The molecule has 0 unspecified atom stereocenters. The van der Waals surface area contributed by atoms with Crippen molar-refractivity contribution in [1.29, 1.82) is 0 Å². The molecule has 0 bridgehead atoms. The van der Waals surface area contributed by atoms with Crippen molar-refractivity contribution >= 4 is 27.9 Å². The number of carbonyl (C=O) groups excluding carboxylic acids is 1. The molecule has 2 amide bonds. The summed E-state index contributed by atoms with van der Waals surface area (Å²) in [6.07, 6.45) is 1.26. The molecule has 1 N–H and O–H groups in total. The average Bonchev–Trinajstić information content (AvgIpc) is 2.77. The highest BCUT2D eigenvalue weighted by atomic mass is 79.9. The van der Waals surface area contributed by atoms with Gasteiger partial charge in [-0.2, -0.15) is 0 Å². The van der Waals surface area contributed by atoms with E-state index < -0.39 is 6.09 Å². The Labute approximate surface area is 138 Å². The van der Waals surface area contributed by atoms with Gasteiger partial charge in [-0.05, 0) is 30.5 Å². The summed E-state index contributed by atoms with van der Waals surface area (Å²) in [5, 5.41) is 9.04. The van der Waals surface area contributed by atoms with Crippen molar-refractivity contribution in [2.45, 2.75) is 25.8 Å². The van der Waals surface area contributed by atoms with Crippen LogP contribution in [0.25, 0.3) is 0 Å². The van der Waals surface area contributed by atoms with Crippen LogP contribution in [0.15, 0.2) is 28.7 Å². The standard InChI is InChI=1S/C16H19BrN2O3/c17-13-3-1-12(2-4-13)10-19-11-16(9-14(19)20)5-7-18(8-6-16)15(21)22/h1-4H,5-11H2,(H,21,22). The van der Waals surface area contributed by atoms with Gasteiger partial charge in [0.15, 0.2) is 0 Å². The van der Waals surface area contributed by atoms with Crippen LogP contribution in [-0.4, -0.2) is 46.5 Å². The van der Waals surface area contributed by atoms with Crippen molar-refractivity contribution in [1.82, 2.24) is 9.80 Å². The van der Waals surface area contributed by atoms with Gasteiger partial charge in [-0.3, -0.25) is 4.79 Å². The zero-order chi connectivity index (χ0) is 15.7. The van der Waals surface area contributed by atoms with Crippen LogP contribution >= 0.6 is 15.9 Å². The van der Waals surface area contributed by atoms with Crippen LogP contribution in [0.2, 0.25) is 0 Å². The molecule has 0 saturated carbocycles. The number of amides is 2. The lowest BCUT2D eigenvalue weighted by atomic mass is 9.78. The van der Waals surface area contributed by atoms with E-state index in [-0.39, 0.29) is 11.3 Å². The molecule has 3 rings (SSSR count). The second-order valence-corrected chi connectivity index (χ2v) is 7.24. The molecule has 5 nitrogen and oxygen atoms in total. The summed E-state index contributed by atoms with van der Waals surface area (Å²) in [7, 11) is 0. The predicted octanol–water partition coefficient (Wildman–Crippen LogP) is 2.94. The molecule has 2 saturated heterocycles. The van der Waals surface area contributed by atoms with Gasteiger partial charge in [-0.15, -0.1) is 0 Å². The van der Waals surface area contributed by atoms with Gasteiger partial charge in [-0.1, -0.05) is 28.1 Å². The summed E-state index contributed by atoms with van der Waals surface area (Å²) in [5.74, 6) is 0.187. The molecule has 0 aromatic heterocycles. The topological polar surface area (TPSA) is 60.9 Å². The summed E-state index contributed by atoms with van der Waals surface area (Å²) < 4.78 is 1.03. The first-order valence-electron chi connectivity index (χ1n) is 7.48. The van der Waals surface area contributed by atoms with Gasteiger partial charge < -0.3 is 14.9 Å². The first-order valence-corrected chi connectivity index (χ1v) is 8.27. The van der Waals surface area contributed by atoms with Crippen LogP contribution < -0.4 is 0 Å². The van der Waals surface area contributed by atoms with Gasteiger partial charge in [0.05, 0.1) is 0 Å². The highest BCUT2D eigenvalue weighted by Crippen LogP contribution is 2.41. The number of piperidine rings is 1. The zero-order valence-electron chi connectivity index (χ0n) is 12.3. The zero-order valence-corrected chi connectivity index (χ0v) is 13.9. The van der Waals surface area contributed by atoms with Crippen molar-refractivity contribution in [3.8, 4) is 0 Å². The number of likely N-dealkylation sites (tertiary alicyclic amines) is 2. The second-order valence-electron chi connectivity index (χ2n) is 6.32. The fourth-order valence-corrected chi connectivity index (χ4v) is 3.71. The molecule has 2 aliphatic rings. The Morgan fingerprint density at radius 1 is 1.23 bits per heavy atom. The van der Waals surface area contributed by atoms with Crippen LogP contribution in [0.3, 0.4) is 0 Å². The molecule has 2 heterocycles. The number of hydrogen-bond acceptors (Lipinski definition) is 2. The molecule has 0 aliphatic carbocycles. The van der Waals surface area contributed by atoms with E-state index in [9.17, 15) is 9.59 Å². The average molecular weight is 367 g/mol. The number of carboxylic acid groups (broad SMARTS) is 1. The van der Waals surface area contributed by atoms with E-state index in [0.29, 0.717) is 26.1 Å². The maximum atomic E-state index is 12.3. The number of nitrogens with zero attached hydrogens (tertiary/aromatic N) is 2. The van der Waals surface area contributed by atoms with Gasteiger partial charge in [-0.25, -0.2) is 4.79 Å². The quantitative estimate of drug-likeness (QED) is 0.874. The number of rotatable bonds is 2. The molecular formula is C16H19BrN2O3. The van der Waals surface area contributed by atoms with Crippen molar-refractivity contribution in [3.63, 3.8) is 0 Å². The molecule has 2 aliphatic heterocycles. The number of benzene rings is 1. The van der Waals surface area contributed by atoms with E-state index in [1.54, 1.807) is 0 Å². The maximum Gasteiger partial charge on any atom is 0.407 e. The molecule has 118 valence electrons. The van der Waals surface area contributed by atoms with Crippen molar-refractivity contribution < 1.29 is 14.7 Å². The predicted molar refractivity (Wildman–Crippen MR) is 85.4 cm³/mol. The molecule has 1 aromatic carbocycles. The third-order valence-corrected chi connectivity index (χ3v) is 5.32. The monoisotopic (exact) mass is 366 g/mol. The van der Waals surface area contributed by atoms with E-state index in [1.165, 1.54) is 4.90 Å². The molecular weight excluding hydrogens is 348 g/mol. The van der Waals surface area contributed by atoms with Crippen molar-refractivity contribution in [2.75, 3.05) is 19.6 Å². The summed E-state index contributed by atoms with van der Waals surface area (Å²) in [6.45, 7) is 2.45. The summed E-state index contributed by atoms with van der Waals surface area (Å²) >= 11 is 3.41. The fraction of sp³-hybridized carbons (Fsp3) is 0.500. The van der Waals surface area contributed by atoms with Gasteiger partial charge in [0.25, 0.3) is 0 Å². The van der Waals surface area contributed by atoms with E-state index in [1.807, 2.05) is 29.2 Å². The maximum absolute atomic E-state index is 12.3. The number of carbonyl (C=O) groups is 2. The normalized spacial score (nSPS) is 20.7. The lowest BCUT2D eigenvalue weighted by Gasteiger charge is -2.37. The molecule has 1 spiro atoms. The van der Waals surface area contributed by atoms with E-state index >= 15 is 0 Å². The van der Waals surface area contributed by atoms with E-state index in [4.69, 9.17) is 5.11 Å². The lowest BCUT2D eigenvalue weighted by molar-refractivity contribution is -0.128. The van der Waals surface area contributed by atoms with E-state index in [0.717, 1.165) is 29.4 Å². The Bertz CT molecular complexity index is 580. The van der Waals surface area contributed by atoms with Gasteiger partial charge in [0.2, 0.25) is 5.91 Å². The fourth-order valence-electron chi connectivity index (χ4n) is 3.44. The van der Waals surface area contributed by atoms with Crippen LogP contribution in [0.5, 0.6) is 0 Å². The van der Waals surface area contributed by atoms with Gasteiger partial charge in [0.1, 0.15) is 0 Å². The highest BCUT2D eigenvalue weighted by Gasteiger charge is 2.45. The smallest absolute Gasteiger partial charge is 0.407 e. The van der Waals surface area contributed by atoms with Crippen LogP contribution in [-0.2, 0) is 11.3 Å². The molecule has 0 radical (unpaired) electrons. The summed E-state index contributed by atoms with van der Waals surface area (Å²) in [4.78, 5) is 26.7. The summed E-state index contributed by atoms with van der Waals surface area (Å²) in [6, 6.07) is 8.01. The van der Waals surface area contributed by atoms with Crippen LogP contribution in [0.1, 0.15) is 24.8 Å². The Balaban J connectivity index is 1.63. The van der Waals surface area contributed by atoms with Gasteiger partial charge >= 0.3 is 6.09 Å². The molecule has 0 atom stereocenters. The van der Waals surface area contributed by atoms with Crippen molar-refractivity contribution in [3.05, 3.63) is 34.3 Å². The first kappa shape index (κ1) is 15.3. The highest BCUT2D eigenvalue weighted by molar-refractivity contribution is 9.10. The molecule has 6 heteroatoms. The minimum absolute atomic E-state index is 0.0294. The Morgan fingerprint density at radius 3 is 2.45 bits per heavy atom. The molecule has 22 heavy (non-hydrogen) atoms. The van der Waals surface area contributed by atoms with Crippen LogP contribution in [0, 0.1) is 5.41 Å². The Morgan fingerprint density at radius 2 is 1.86 bits per heavy atom. The second kappa shape index (κ2) is 5.91. The van der Waals surface area contributed by atoms with Gasteiger partial charge in [0, 0.05) is 42.5 Å². The number of hydrogen-bond donors (Lipinski definition) is 1. The first-order chi connectivity index (χ1) is 10.5. The third-order valence-electron chi connectivity index (χ3n) is 4.79. The minimum Gasteiger partial charge on any atom is -0.465 e. The minimum atomic E-state index is -0.856. The van der Waals surface area contributed by atoms with Crippen molar-refractivity contribution in [2.24, 2.45) is 5.41 Å². The van der Waals surface area contributed by atoms with Crippen LogP contribution in [0.4, 0.5) is 4.79 Å². The SMILES string of the molecule is O=C(O)N1CCC2(CC1)CC(=O)N(Cc1ccc(Br)cc1)C2. The largest absolute Gasteiger partial charge is 0.465 e.